The van der Waals surface area contributed by atoms with Gasteiger partial charge in [-0.05, 0) is 31.5 Å². The molecule has 0 bridgehead atoms. The Morgan fingerprint density at radius 1 is 1.47 bits per heavy atom. The highest BCUT2D eigenvalue weighted by Crippen LogP contribution is 2.26. The van der Waals surface area contributed by atoms with E-state index in [9.17, 15) is 4.79 Å². The van der Waals surface area contributed by atoms with E-state index in [0.717, 1.165) is 5.56 Å². The van der Waals surface area contributed by atoms with Gasteiger partial charge in [0.1, 0.15) is 5.75 Å². The van der Waals surface area contributed by atoms with Crippen LogP contribution >= 0.6 is 11.6 Å². The third-order valence-corrected chi connectivity index (χ3v) is 2.22. The van der Waals surface area contributed by atoms with Crippen LogP contribution in [-0.2, 0) is 9.53 Å². The van der Waals surface area contributed by atoms with Crippen molar-refractivity contribution in [1.29, 1.82) is 0 Å². The molecule has 0 N–H and O–H groups in total. The summed E-state index contributed by atoms with van der Waals surface area (Å²) in [6, 6.07) is 5.38. The average Bonchev–Trinajstić information content (AvgIpc) is 2.20. The van der Waals surface area contributed by atoms with Crippen molar-refractivity contribution >= 4 is 17.6 Å². The van der Waals surface area contributed by atoms with E-state index in [1.54, 1.807) is 19.1 Å². The van der Waals surface area contributed by atoms with Crippen LogP contribution in [-0.4, -0.2) is 19.2 Å². The third-order valence-electron chi connectivity index (χ3n) is 1.92. The first-order chi connectivity index (χ1) is 7.04. The summed E-state index contributed by atoms with van der Waals surface area (Å²) in [5.41, 5.74) is 1.04. The van der Waals surface area contributed by atoms with E-state index < -0.39 is 12.1 Å². The molecule has 0 aliphatic heterocycles. The van der Waals surface area contributed by atoms with E-state index in [1.165, 1.54) is 7.11 Å². The lowest BCUT2D eigenvalue weighted by molar-refractivity contribution is -0.147. The predicted molar refractivity (Wildman–Crippen MR) is 58.3 cm³/mol. The maximum Gasteiger partial charge on any atom is 0.346 e. The van der Waals surface area contributed by atoms with Gasteiger partial charge in [-0.15, -0.1) is 0 Å². The molecule has 0 fully saturated rings. The Balaban J connectivity index is 2.76. The molecule has 0 radical (unpaired) electrons. The molecule has 1 rings (SSSR count). The van der Waals surface area contributed by atoms with Gasteiger partial charge in [0, 0.05) is 0 Å². The van der Waals surface area contributed by atoms with Crippen molar-refractivity contribution in [3.05, 3.63) is 28.8 Å². The second-order valence-electron chi connectivity index (χ2n) is 3.22. The molecule has 4 heteroatoms. The fraction of sp³-hybridized carbons (Fsp3) is 0.364. The molecule has 0 aromatic heterocycles. The number of carbonyl (C=O) groups excluding carboxylic acids is 1. The molecular weight excluding hydrogens is 216 g/mol. The van der Waals surface area contributed by atoms with E-state index in [-0.39, 0.29) is 0 Å². The van der Waals surface area contributed by atoms with Crippen LogP contribution in [0.1, 0.15) is 12.5 Å². The highest BCUT2D eigenvalue weighted by atomic mass is 35.5. The molecule has 0 aliphatic carbocycles. The van der Waals surface area contributed by atoms with E-state index in [2.05, 4.69) is 4.74 Å². The summed E-state index contributed by atoms with van der Waals surface area (Å²) in [7, 11) is 1.32. The second-order valence-corrected chi connectivity index (χ2v) is 3.62. The summed E-state index contributed by atoms with van der Waals surface area (Å²) in [4.78, 5) is 11.1. The monoisotopic (exact) mass is 228 g/mol. The zero-order valence-electron chi connectivity index (χ0n) is 8.91. The molecule has 0 spiro atoms. The molecule has 0 unspecified atom stereocenters. The first kappa shape index (κ1) is 11.9. The number of rotatable bonds is 3. The molecule has 1 aromatic carbocycles. The molecule has 0 heterocycles. The van der Waals surface area contributed by atoms with Crippen LogP contribution in [0.4, 0.5) is 0 Å². The fourth-order valence-corrected chi connectivity index (χ4v) is 1.39. The number of halogens is 1. The van der Waals surface area contributed by atoms with Gasteiger partial charge in [-0.25, -0.2) is 4.79 Å². The Morgan fingerprint density at radius 3 is 2.67 bits per heavy atom. The molecule has 0 saturated carbocycles. The van der Waals surface area contributed by atoms with Crippen molar-refractivity contribution < 1.29 is 14.3 Å². The van der Waals surface area contributed by atoms with Crippen molar-refractivity contribution in [3.63, 3.8) is 0 Å². The van der Waals surface area contributed by atoms with Gasteiger partial charge < -0.3 is 9.47 Å². The summed E-state index contributed by atoms with van der Waals surface area (Å²) >= 11 is 5.94. The van der Waals surface area contributed by atoms with Crippen LogP contribution in [0.2, 0.25) is 5.02 Å². The predicted octanol–water partition coefficient (Wildman–Crippen LogP) is 2.59. The zero-order valence-corrected chi connectivity index (χ0v) is 9.67. The van der Waals surface area contributed by atoms with Gasteiger partial charge in [0.15, 0.2) is 6.10 Å². The second kappa shape index (κ2) is 5.03. The van der Waals surface area contributed by atoms with Gasteiger partial charge in [0.05, 0.1) is 12.1 Å². The van der Waals surface area contributed by atoms with Crippen molar-refractivity contribution in [2.75, 3.05) is 7.11 Å². The summed E-state index contributed by atoms with van der Waals surface area (Å²) in [6.07, 6.45) is -0.657. The van der Waals surface area contributed by atoms with E-state index in [1.807, 2.05) is 13.0 Å². The quantitative estimate of drug-likeness (QED) is 0.746. The standard InChI is InChI=1S/C11H13ClO3/c1-7-4-5-10(9(12)6-7)15-8(2)11(13)14-3/h4-6,8H,1-3H3/t8-/m0/s1. The number of benzene rings is 1. The minimum absolute atomic E-state index is 0.424. The average molecular weight is 229 g/mol. The van der Waals surface area contributed by atoms with E-state index in [0.29, 0.717) is 10.8 Å². The molecular formula is C11H13ClO3. The number of esters is 1. The van der Waals surface area contributed by atoms with Gasteiger partial charge >= 0.3 is 5.97 Å². The Kier molecular flexibility index (Phi) is 3.97. The van der Waals surface area contributed by atoms with Crippen LogP contribution in [0.25, 0.3) is 0 Å². The van der Waals surface area contributed by atoms with Crippen molar-refractivity contribution in [2.45, 2.75) is 20.0 Å². The van der Waals surface area contributed by atoms with Crippen molar-refractivity contribution in [3.8, 4) is 5.75 Å². The highest BCUT2D eigenvalue weighted by molar-refractivity contribution is 6.32. The highest BCUT2D eigenvalue weighted by Gasteiger charge is 2.15. The number of hydrogen-bond donors (Lipinski definition) is 0. The van der Waals surface area contributed by atoms with Crippen molar-refractivity contribution in [2.24, 2.45) is 0 Å². The first-order valence-electron chi connectivity index (χ1n) is 4.55. The lowest BCUT2D eigenvalue weighted by Crippen LogP contribution is -2.24. The third kappa shape index (κ3) is 3.13. The summed E-state index contributed by atoms with van der Waals surface area (Å²) in [6.45, 7) is 3.54. The lowest BCUT2D eigenvalue weighted by atomic mass is 10.2. The summed E-state index contributed by atoms with van der Waals surface area (Å²) in [5.74, 6) is 0.0619. The molecule has 1 aromatic rings. The van der Waals surface area contributed by atoms with Crippen LogP contribution in [0, 0.1) is 6.92 Å². The molecule has 0 amide bonds. The Hall–Kier alpha value is -1.22. The minimum atomic E-state index is -0.657. The molecule has 15 heavy (non-hydrogen) atoms. The Morgan fingerprint density at radius 2 is 2.13 bits per heavy atom. The van der Waals surface area contributed by atoms with Gasteiger partial charge in [-0.3, -0.25) is 0 Å². The van der Waals surface area contributed by atoms with Gasteiger partial charge in [-0.2, -0.15) is 0 Å². The largest absolute Gasteiger partial charge is 0.477 e. The van der Waals surface area contributed by atoms with Crippen LogP contribution < -0.4 is 4.74 Å². The maximum absolute atomic E-state index is 11.1. The molecule has 82 valence electrons. The van der Waals surface area contributed by atoms with E-state index in [4.69, 9.17) is 16.3 Å². The van der Waals surface area contributed by atoms with Crippen LogP contribution in [0.15, 0.2) is 18.2 Å². The zero-order chi connectivity index (χ0) is 11.4. The summed E-state index contributed by atoms with van der Waals surface area (Å²) < 4.78 is 9.89. The minimum Gasteiger partial charge on any atom is -0.477 e. The van der Waals surface area contributed by atoms with Gasteiger partial charge in [0.25, 0.3) is 0 Å². The smallest absolute Gasteiger partial charge is 0.346 e. The number of carbonyl (C=O) groups is 1. The lowest BCUT2D eigenvalue weighted by Gasteiger charge is -2.13. The van der Waals surface area contributed by atoms with Crippen LogP contribution in [0.5, 0.6) is 5.75 Å². The van der Waals surface area contributed by atoms with Gasteiger partial charge in [0.2, 0.25) is 0 Å². The SMILES string of the molecule is COC(=O)[C@H](C)Oc1ccc(C)cc1Cl. The van der Waals surface area contributed by atoms with E-state index >= 15 is 0 Å². The van der Waals surface area contributed by atoms with Crippen LogP contribution in [0.3, 0.4) is 0 Å². The molecule has 3 nitrogen and oxygen atoms in total. The molecule has 0 saturated heterocycles. The first-order valence-corrected chi connectivity index (χ1v) is 4.93. The normalized spacial score (nSPS) is 12.0. The fourth-order valence-electron chi connectivity index (χ4n) is 1.11. The summed E-state index contributed by atoms with van der Waals surface area (Å²) in [5, 5.41) is 0.491. The molecule has 1 atom stereocenters. The molecule has 0 aliphatic rings. The number of ether oxygens (including phenoxy) is 2. The Labute approximate surface area is 93.9 Å². The maximum atomic E-state index is 11.1. The topological polar surface area (TPSA) is 35.5 Å². The number of methoxy groups -OCH3 is 1. The Bertz CT molecular complexity index is 363. The number of aryl methyl sites for hydroxylation is 1. The van der Waals surface area contributed by atoms with Gasteiger partial charge in [-0.1, -0.05) is 17.7 Å². The van der Waals surface area contributed by atoms with Crippen molar-refractivity contribution in [1.82, 2.24) is 0 Å². The number of hydrogen-bond acceptors (Lipinski definition) is 3.